The molecule has 1 heterocycles. The van der Waals surface area contributed by atoms with Crippen molar-refractivity contribution in [2.75, 3.05) is 0 Å². The number of nitrogens with zero attached hydrogens (tertiary/aromatic N) is 3. The maximum atomic E-state index is 12.3. The Labute approximate surface area is 127 Å². The number of para-hydroxylation sites is 2. The number of aromatic hydroxyl groups is 1. The van der Waals surface area contributed by atoms with Crippen LogP contribution in [0.15, 0.2) is 71.9 Å². The lowest BCUT2D eigenvalue weighted by Gasteiger charge is -2.08. The first-order chi connectivity index (χ1) is 10.7. The molecular weight excluding hydrogens is 278 g/mol. The van der Waals surface area contributed by atoms with Crippen molar-refractivity contribution in [2.24, 2.45) is 12.0 Å². The van der Waals surface area contributed by atoms with Crippen molar-refractivity contribution in [1.82, 2.24) is 9.36 Å². The van der Waals surface area contributed by atoms with Crippen LogP contribution in [0.1, 0.15) is 10.4 Å². The molecule has 0 aliphatic heterocycles. The van der Waals surface area contributed by atoms with Crippen molar-refractivity contribution in [3.63, 3.8) is 0 Å². The van der Waals surface area contributed by atoms with E-state index >= 15 is 0 Å². The monoisotopic (exact) mass is 293 g/mol. The van der Waals surface area contributed by atoms with Gasteiger partial charge in [0.25, 0.3) is 5.91 Å². The first-order valence-corrected chi connectivity index (χ1v) is 6.84. The van der Waals surface area contributed by atoms with Gasteiger partial charge in [0.2, 0.25) is 0 Å². The van der Waals surface area contributed by atoms with Gasteiger partial charge >= 0.3 is 0 Å². The van der Waals surface area contributed by atoms with Crippen LogP contribution in [-0.4, -0.2) is 20.4 Å². The molecule has 5 nitrogen and oxygen atoms in total. The molecule has 0 radical (unpaired) electrons. The summed E-state index contributed by atoms with van der Waals surface area (Å²) >= 11 is 0. The Morgan fingerprint density at radius 3 is 2.41 bits per heavy atom. The molecule has 2 aromatic carbocycles. The number of carbonyl (C=O) groups is 1. The quantitative estimate of drug-likeness (QED) is 0.788. The fraction of sp³-hybridized carbons (Fsp3) is 0.0588. The number of aryl methyl sites for hydroxylation is 1. The zero-order valence-electron chi connectivity index (χ0n) is 12.0. The summed E-state index contributed by atoms with van der Waals surface area (Å²) in [6, 6.07) is 17.8. The van der Waals surface area contributed by atoms with Crippen LogP contribution in [-0.2, 0) is 7.05 Å². The Bertz CT molecular complexity index is 876. The summed E-state index contributed by atoms with van der Waals surface area (Å²) in [6.45, 7) is 0. The van der Waals surface area contributed by atoms with Gasteiger partial charge in [-0.2, -0.15) is 4.99 Å². The van der Waals surface area contributed by atoms with Gasteiger partial charge in [-0.05, 0) is 24.3 Å². The van der Waals surface area contributed by atoms with Crippen LogP contribution in [0.3, 0.4) is 0 Å². The Kier molecular flexibility index (Phi) is 3.62. The van der Waals surface area contributed by atoms with Crippen molar-refractivity contribution >= 4 is 5.91 Å². The van der Waals surface area contributed by atoms with E-state index in [0.717, 1.165) is 5.69 Å². The first-order valence-electron chi connectivity index (χ1n) is 6.84. The Balaban J connectivity index is 2.10. The van der Waals surface area contributed by atoms with Crippen LogP contribution >= 0.6 is 0 Å². The highest BCUT2D eigenvalue weighted by Crippen LogP contribution is 2.16. The van der Waals surface area contributed by atoms with E-state index < -0.39 is 5.91 Å². The molecule has 0 fully saturated rings. The number of carbonyl (C=O) groups excluding carboxylic acids is 1. The van der Waals surface area contributed by atoms with E-state index in [2.05, 4.69) is 4.99 Å². The maximum absolute atomic E-state index is 12.3. The van der Waals surface area contributed by atoms with Gasteiger partial charge in [0.05, 0.1) is 11.3 Å². The molecule has 1 aromatic heterocycles. The maximum Gasteiger partial charge on any atom is 0.282 e. The summed E-state index contributed by atoms with van der Waals surface area (Å²) in [6.07, 6.45) is 1.82. The predicted octanol–water partition coefficient (Wildman–Crippen LogP) is 2.26. The fourth-order valence-electron chi connectivity index (χ4n) is 2.26. The highest BCUT2D eigenvalue weighted by Gasteiger charge is 2.10. The first kappa shape index (κ1) is 13.9. The second kappa shape index (κ2) is 5.73. The molecule has 0 saturated carbocycles. The van der Waals surface area contributed by atoms with E-state index in [0.29, 0.717) is 5.49 Å². The number of aromatic nitrogens is 2. The topological polar surface area (TPSA) is 59.5 Å². The molecule has 0 aliphatic rings. The summed E-state index contributed by atoms with van der Waals surface area (Å²) in [7, 11) is 1.87. The molecule has 3 rings (SSSR count). The summed E-state index contributed by atoms with van der Waals surface area (Å²) in [5, 5.41) is 9.76. The Morgan fingerprint density at radius 2 is 1.68 bits per heavy atom. The average Bonchev–Trinajstić information content (AvgIpc) is 2.89. The van der Waals surface area contributed by atoms with E-state index in [9.17, 15) is 9.90 Å². The fourth-order valence-corrected chi connectivity index (χ4v) is 2.26. The van der Waals surface area contributed by atoms with E-state index in [-0.39, 0.29) is 11.3 Å². The van der Waals surface area contributed by atoms with Crippen LogP contribution in [0.2, 0.25) is 0 Å². The van der Waals surface area contributed by atoms with E-state index in [4.69, 9.17) is 0 Å². The van der Waals surface area contributed by atoms with Crippen molar-refractivity contribution in [3.8, 4) is 11.4 Å². The van der Waals surface area contributed by atoms with Crippen molar-refractivity contribution < 1.29 is 9.90 Å². The van der Waals surface area contributed by atoms with Gasteiger partial charge in [0.15, 0.2) is 5.49 Å². The average molecular weight is 293 g/mol. The summed E-state index contributed by atoms with van der Waals surface area (Å²) in [5.74, 6) is -0.549. The summed E-state index contributed by atoms with van der Waals surface area (Å²) in [5.41, 5.74) is 1.59. The van der Waals surface area contributed by atoms with Gasteiger partial charge in [-0.25, -0.2) is 4.68 Å². The zero-order chi connectivity index (χ0) is 15.5. The number of phenols is 1. The van der Waals surface area contributed by atoms with Gasteiger partial charge in [-0.15, -0.1) is 0 Å². The van der Waals surface area contributed by atoms with Crippen molar-refractivity contribution in [3.05, 3.63) is 77.9 Å². The van der Waals surface area contributed by atoms with Crippen LogP contribution in [0.4, 0.5) is 0 Å². The molecule has 22 heavy (non-hydrogen) atoms. The molecule has 0 aliphatic carbocycles. The third-order valence-electron chi connectivity index (χ3n) is 3.32. The van der Waals surface area contributed by atoms with Gasteiger partial charge in [-0.3, -0.25) is 9.48 Å². The standard InChI is InChI=1S/C17H15N3O2/c1-19-12-11-16(20(19)13-7-3-2-4-8-13)18-17(22)14-9-5-6-10-15(14)21/h2-12,21H,1H3. The van der Waals surface area contributed by atoms with Crippen LogP contribution in [0.5, 0.6) is 5.75 Å². The molecule has 1 N–H and O–H groups in total. The number of phenolic OH excluding ortho intramolecular Hbond substituents is 1. The number of benzene rings is 2. The zero-order valence-corrected chi connectivity index (χ0v) is 12.0. The highest BCUT2D eigenvalue weighted by molar-refractivity contribution is 5.97. The van der Waals surface area contributed by atoms with Crippen LogP contribution in [0, 0.1) is 0 Å². The third-order valence-corrected chi connectivity index (χ3v) is 3.32. The lowest BCUT2D eigenvalue weighted by Crippen LogP contribution is -2.21. The third kappa shape index (κ3) is 2.56. The Hall–Kier alpha value is -3.08. The normalized spacial score (nSPS) is 11.6. The van der Waals surface area contributed by atoms with Crippen LogP contribution in [0.25, 0.3) is 5.69 Å². The smallest absolute Gasteiger partial charge is 0.282 e. The van der Waals surface area contributed by atoms with Gasteiger partial charge in [0.1, 0.15) is 5.75 Å². The molecule has 5 heteroatoms. The molecule has 0 atom stereocenters. The SMILES string of the molecule is Cn1ccc(=NC(=O)c2ccccc2O)n1-c1ccccc1. The van der Waals surface area contributed by atoms with Gasteiger partial charge in [-0.1, -0.05) is 30.3 Å². The summed E-state index contributed by atoms with van der Waals surface area (Å²) in [4.78, 5) is 16.4. The van der Waals surface area contributed by atoms with Crippen LogP contribution < -0.4 is 5.49 Å². The lowest BCUT2D eigenvalue weighted by atomic mass is 10.2. The molecule has 0 spiro atoms. The predicted molar refractivity (Wildman–Crippen MR) is 82.7 cm³/mol. The van der Waals surface area contributed by atoms with E-state index in [1.807, 2.05) is 52.9 Å². The molecule has 110 valence electrons. The van der Waals surface area contributed by atoms with Crippen molar-refractivity contribution in [1.29, 1.82) is 0 Å². The molecule has 0 bridgehead atoms. The van der Waals surface area contributed by atoms with Crippen molar-refractivity contribution in [2.45, 2.75) is 0 Å². The van der Waals surface area contributed by atoms with E-state index in [1.165, 1.54) is 6.07 Å². The number of amides is 1. The molecule has 0 unspecified atom stereocenters. The second-order valence-corrected chi connectivity index (χ2v) is 4.83. The molecule has 3 aromatic rings. The minimum absolute atomic E-state index is 0.0709. The molecule has 0 saturated heterocycles. The second-order valence-electron chi connectivity index (χ2n) is 4.83. The lowest BCUT2D eigenvalue weighted by molar-refractivity contribution is 0.0995. The van der Waals surface area contributed by atoms with E-state index in [1.54, 1.807) is 24.3 Å². The number of rotatable bonds is 2. The summed E-state index contributed by atoms with van der Waals surface area (Å²) < 4.78 is 3.66. The number of hydrogen-bond donors (Lipinski definition) is 1. The molecule has 1 amide bonds. The number of hydrogen-bond acceptors (Lipinski definition) is 2. The van der Waals surface area contributed by atoms with Gasteiger partial charge < -0.3 is 5.11 Å². The Morgan fingerprint density at radius 1 is 1.00 bits per heavy atom. The molecular formula is C17H15N3O2. The van der Waals surface area contributed by atoms with Gasteiger partial charge in [0, 0.05) is 19.3 Å². The highest BCUT2D eigenvalue weighted by atomic mass is 16.3. The minimum Gasteiger partial charge on any atom is -0.507 e. The minimum atomic E-state index is -0.478. The largest absolute Gasteiger partial charge is 0.507 e.